The summed E-state index contributed by atoms with van der Waals surface area (Å²) >= 11 is 0. The van der Waals surface area contributed by atoms with Crippen molar-refractivity contribution in [3.63, 3.8) is 0 Å². The van der Waals surface area contributed by atoms with Crippen LogP contribution in [0.1, 0.15) is 12.8 Å². The first-order valence-corrected chi connectivity index (χ1v) is 6.52. The molecule has 1 aliphatic carbocycles. The maximum Gasteiger partial charge on any atom is 0.313 e. The number of carbonyl (C=O) groups is 2. The second kappa shape index (κ2) is 5.01. The fourth-order valence-corrected chi connectivity index (χ4v) is 2.71. The summed E-state index contributed by atoms with van der Waals surface area (Å²) in [5.41, 5.74) is 0.623. The molecule has 1 aromatic carbocycles. The minimum atomic E-state index is -0.617. The van der Waals surface area contributed by atoms with Gasteiger partial charge in [0.05, 0.1) is 6.10 Å². The molecule has 3 rings (SSSR count). The molecule has 5 nitrogen and oxygen atoms in total. The summed E-state index contributed by atoms with van der Waals surface area (Å²) in [7, 11) is 0. The zero-order valence-corrected chi connectivity index (χ0v) is 10.5. The summed E-state index contributed by atoms with van der Waals surface area (Å²) in [6.45, 7) is 0.762. The number of hydrogen-bond acceptors (Lipinski definition) is 3. The third-order valence-corrected chi connectivity index (χ3v) is 3.82. The van der Waals surface area contributed by atoms with E-state index in [4.69, 9.17) is 4.74 Å². The predicted molar refractivity (Wildman–Crippen MR) is 69.5 cm³/mol. The molecule has 3 atom stereocenters. The molecule has 0 unspecified atom stereocenters. The molecule has 2 amide bonds. The SMILES string of the molecule is O=C(Nc1ccccc1)C(=O)N[C@@H]1C[C@@H]2OCC[C@@H]21. The van der Waals surface area contributed by atoms with Crippen LogP contribution in [0.5, 0.6) is 0 Å². The number of hydrogen-bond donors (Lipinski definition) is 2. The van der Waals surface area contributed by atoms with Crippen molar-refractivity contribution in [2.24, 2.45) is 5.92 Å². The fraction of sp³-hybridized carbons (Fsp3) is 0.429. The van der Waals surface area contributed by atoms with Crippen LogP contribution in [0.3, 0.4) is 0 Å². The third-order valence-electron chi connectivity index (χ3n) is 3.82. The van der Waals surface area contributed by atoms with E-state index in [0.29, 0.717) is 11.6 Å². The molecule has 2 N–H and O–H groups in total. The molecule has 0 spiro atoms. The number of benzene rings is 1. The lowest BCUT2D eigenvalue weighted by Gasteiger charge is -2.39. The Kier molecular flexibility index (Phi) is 3.21. The Labute approximate surface area is 111 Å². The first-order valence-electron chi connectivity index (χ1n) is 6.52. The lowest BCUT2D eigenvalue weighted by atomic mass is 9.76. The van der Waals surface area contributed by atoms with Gasteiger partial charge in [-0.15, -0.1) is 0 Å². The Morgan fingerprint density at radius 1 is 1.16 bits per heavy atom. The summed E-state index contributed by atoms with van der Waals surface area (Å²) < 4.78 is 5.47. The van der Waals surface area contributed by atoms with Gasteiger partial charge in [-0.3, -0.25) is 9.59 Å². The second-order valence-electron chi connectivity index (χ2n) is 5.00. The molecule has 0 bridgehead atoms. The molecule has 1 aliphatic heterocycles. The topological polar surface area (TPSA) is 67.4 Å². The second-order valence-corrected chi connectivity index (χ2v) is 5.00. The van der Waals surface area contributed by atoms with Gasteiger partial charge in [0.2, 0.25) is 0 Å². The zero-order chi connectivity index (χ0) is 13.2. The van der Waals surface area contributed by atoms with Gasteiger partial charge >= 0.3 is 11.8 Å². The molecular formula is C14H16N2O3. The standard InChI is InChI=1S/C14H16N2O3/c17-13(15-9-4-2-1-3-5-9)14(18)16-11-8-12-10(11)6-7-19-12/h1-5,10-12H,6-8H2,(H,15,17)(H,16,18)/t10-,11-,12+/m1/s1. The molecule has 0 radical (unpaired) electrons. The van der Waals surface area contributed by atoms with E-state index in [9.17, 15) is 9.59 Å². The van der Waals surface area contributed by atoms with Gasteiger partial charge < -0.3 is 15.4 Å². The van der Waals surface area contributed by atoms with Gasteiger partial charge in [0.1, 0.15) is 0 Å². The molecule has 2 fully saturated rings. The number of amides is 2. The maximum absolute atomic E-state index is 11.8. The molecule has 0 aromatic heterocycles. The van der Waals surface area contributed by atoms with Crippen LogP contribution in [-0.2, 0) is 14.3 Å². The van der Waals surface area contributed by atoms with Gasteiger partial charge in [0.15, 0.2) is 0 Å². The fourth-order valence-electron chi connectivity index (χ4n) is 2.71. The van der Waals surface area contributed by atoms with Crippen molar-refractivity contribution in [3.05, 3.63) is 30.3 Å². The number of carbonyl (C=O) groups excluding carboxylic acids is 2. The van der Waals surface area contributed by atoms with Gasteiger partial charge in [-0.25, -0.2) is 0 Å². The highest BCUT2D eigenvalue weighted by molar-refractivity contribution is 6.39. The molecule has 5 heteroatoms. The molecule has 1 saturated heterocycles. The highest BCUT2D eigenvalue weighted by Crippen LogP contribution is 2.38. The number of anilines is 1. The van der Waals surface area contributed by atoms with E-state index < -0.39 is 11.8 Å². The highest BCUT2D eigenvalue weighted by atomic mass is 16.5. The summed E-state index contributed by atoms with van der Waals surface area (Å²) in [5.74, 6) is -0.804. The molecule has 1 aromatic rings. The van der Waals surface area contributed by atoms with E-state index >= 15 is 0 Å². The van der Waals surface area contributed by atoms with Crippen LogP contribution >= 0.6 is 0 Å². The minimum Gasteiger partial charge on any atom is -0.378 e. The monoisotopic (exact) mass is 260 g/mol. The van der Waals surface area contributed by atoms with Crippen molar-refractivity contribution in [2.45, 2.75) is 25.0 Å². The van der Waals surface area contributed by atoms with E-state index in [0.717, 1.165) is 19.4 Å². The molecular weight excluding hydrogens is 244 g/mol. The Balaban J connectivity index is 1.52. The van der Waals surface area contributed by atoms with Gasteiger partial charge in [0.25, 0.3) is 0 Å². The van der Waals surface area contributed by atoms with E-state index in [1.807, 2.05) is 6.07 Å². The number of para-hydroxylation sites is 1. The molecule has 100 valence electrons. The number of rotatable bonds is 2. The Morgan fingerprint density at radius 3 is 2.68 bits per heavy atom. The van der Waals surface area contributed by atoms with Crippen molar-refractivity contribution in [3.8, 4) is 0 Å². The van der Waals surface area contributed by atoms with Gasteiger partial charge in [-0.1, -0.05) is 18.2 Å². The average molecular weight is 260 g/mol. The first kappa shape index (κ1) is 12.2. The van der Waals surface area contributed by atoms with Crippen LogP contribution in [-0.4, -0.2) is 30.6 Å². The van der Waals surface area contributed by atoms with Crippen molar-refractivity contribution < 1.29 is 14.3 Å². The van der Waals surface area contributed by atoms with Crippen molar-refractivity contribution in [1.82, 2.24) is 5.32 Å². The summed E-state index contributed by atoms with van der Waals surface area (Å²) in [6, 6.07) is 9.04. The van der Waals surface area contributed by atoms with Crippen molar-refractivity contribution in [2.75, 3.05) is 11.9 Å². The lowest BCUT2D eigenvalue weighted by molar-refractivity contribution is -0.138. The van der Waals surface area contributed by atoms with Gasteiger partial charge in [-0.05, 0) is 25.0 Å². The van der Waals surface area contributed by atoms with Crippen LogP contribution in [0.4, 0.5) is 5.69 Å². The maximum atomic E-state index is 11.8. The van der Waals surface area contributed by atoms with Crippen LogP contribution in [0, 0.1) is 5.92 Å². The Hall–Kier alpha value is -1.88. The van der Waals surface area contributed by atoms with Crippen molar-refractivity contribution >= 4 is 17.5 Å². The number of fused-ring (bicyclic) bond motifs is 1. The van der Waals surface area contributed by atoms with E-state index in [-0.39, 0.29) is 12.1 Å². The van der Waals surface area contributed by atoms with Gasteiger partial charge in [-0.2, -0.15) is 0 Å². The summed E-state index contributed by atoms with van der Waals surface area (Å²) in [4.78, 5) is 23.5. The Morgan fingerprint density at radius 2 is 1.95 bits per heavy atom. The quantitative estimate of drug-likeness (QED) is 0.777. The molecule has 1 heterocycles. The van der Waals surface area contributed by atoms with Crippen LogP contribution in [0.2, 0.25) is 0 Å². The molecule has 1 saturated carbocycles. The van der Waals surface area contributed by atoms with Gasteiger partial charge in [0, 0.05) is 24.3 Å². The van der Waals surface area contributed by atoms with Crippen molar-refractivity contribution in [1.29, 1.82) is 0 Å². The van der Waals surface area contributed by atoms with Crippen LogP contribution in [0.25, 0.3) is 0 Å². The number of ether oxygens (including phenoxy) is 1. The predicted octanol–water partition coefficient (Wildman–Crippen LogP) is 0.919. The Bertz CT molecular complexity index is 489. The molecule has 2 aliphatic rings. The van der Waals surface area contributed by atoms with Crippen LogP contribution < -0.4 is 10.6 Å². The third kappa shape index (κ3) is 2.46. The lowest BCUT2D eigenvalue weighted by Crippen LogP contribution is -2.55. The minimum absolute atomic E-state index is 0.0847. The van der Waals surface area contributed by atoms with E-state index in [1.54, 1.807) is 24.3 Å². The molecule has 19 heavy (non-hydrogen) atoms. The van der Waals surface area contributed by atoms with E-state index in [1.165, 1.54) is 0 Å². The van der Waals surface area contributed by atoms with E-state index in [2.05, 4.69) is 10.6 Å². The smallest absolute Gasteiger partial charge is 0.313 e. The normalized spacial score (nSPS) is 28.1. The summed E-state index contributed by atoms with van der Waals surface area (Å²) in [5, 5.41) is 5.35. The average Bonchev–Trinajstić information content (AvgIpc) is 2.78. The zero-order valence-electron chi connectivity index (χ0n) is 10.5. The number of nitrogens with one attached hydrogen (secondary N) is 2. The summed E-state index contributed by atoms with van der Waals surface area (Å²) in [6.07, 6.45) is 2.06. The largest absolute Gasteiger partial charge is 0.378 e. The van der Waals surface area contributed by atoms with Crippen LogP contribution in [0.15, 0.2) is 30.3 Å². The first-order chi connectivity index (χ1) is 9.24. The highest BCUT2D eigenvalue weighted by Gasteiger charge is 2.46.